The summed E-state index contributed by atoms with van der Waals surface area (Å²) in [4.78, 5) is 13.0. The third-order valence-electron chi connectivity index (χ3n) is 5.74. The molecule has 27 heavy (non-hydrogen) atoms. The Morgan fingerprint density at radius 1 is 1.15 bits per heavy atom. The van der Waals surface area contributed by atoms with Gasteiger partial charge in [-0.15, -0.1) is 5.10 Å². The number of aromatic nitrogens is 3. The fourth-order valence-electron chi connectivity index (χ4n) is 3.67. The lowest BCUT2D eigenvalue weighted by molar-refractivity contribution is -0.124. The van der Waals surface area contributed by atoms with Crippen molar-refractivity contribution in [1.82, 2.24) is 20.3 Å². The van der Waals surface area contributed by atoms with Crippen LogP contribution in [0.25, 0.3) is 11.0 Å². The number of carbonyl (C=O) groups excluding carboxylic acids is 1. The van der Waals surface area contributed by atoms with Crippen LogP contribution in [0.2, 0.25) is 0 Å². The second kappa shape index (κ2) is 6.48. The fourth-order valence-corrected chi connectivity index (χ4v) is 3.67. The number of carbonyl (C=O) groups is 1. The molecule has 1 heterocycles. The number of fused-ring (bicyclic) bond motifs is 1. The largest absolute Gasteiger partial charge is 0.351 e. The van der Waals surface area contributed by atoms with Crippen molar-refractivity contribution in [3.63, 3.8) is 0 Å². The van der Waals surface area contributed by atoms with Crippen molar-refractivity contribution in [3.8, 4) is 0 Å². The molecule has 0 aliphatic heterocycles. The molecule has 1 N–H and O–H groups in total. The van der Waals surface area contributed by atoms with Gasteiger partial charge in [-0.3, -0.25) is 4.79 Å². The van der Waals surface area contributed by atoms with Gasteiger partial charge in [-0.05, 0) is 69.4 Å². The molecular formula is C22H26N4O. The smallest absolute Gasteiger partial charge is 0.230 e. The molecule has 1 aliphatic carbocycles. The lowest BCUT2D eigenvalue weighted by atomic mass is 9.94. The molecule has 1 saturated carbocycles. The van der Waals surface area contributed by atoms with Crippen LogP contribution in [0.1, 0.15) is 42.0 Å². The number of amides is 1. The van der Waals surface area contributed by atoms with Crippen LogP contribution in [-0.4, -0.2) is 26.9 Å². The summed E-state index contributed by atoms with van der Waals surface area (Å²) in [7, 11) is 0. The normalized spacial score (nSPS) is 16.3. The zero-order chi connectivity index (χ0) is 19.2. The Labute approximate surface area is 159 Å². The molecule has 1 fully saturated rings. The Balaban J connectivity index is 1.48. The van der Waals surface area contributed by atoms with Crippen molar-refractivity contribution in [1.29, 1.82) is 0 Å². The summed E-state index contributed by atoms with van der Waals surface area (Å²) < 4.78 is 1.89. The Kier molecular flexibility index (Phi) is 4.25. The topological polar surface area (TPSA) is 59.8 Å². The summed E-state index contributed by atoms with van der Waals surface area (Å²) in [5.74, 6) is 0.121. The van der Waals surface area contributed by atoms with Gasteiger partial charge in [0.1, 0.15) is 5.52 Å². The summed E-state index contributed by atoms with van der Waals surface area (Å²) in [5.41, 5.74) is 6.33. The second-order valence-electron chi connectivity index (χ2n) is 8.02. The molecule has 5 nitrogen and oxygen atoms in total. The lowest BCUT2D eigenvalue weighted by Crippen LogP contribution is -2.42. The van der Waals surface area contributed by atoms with E-state index in [0.29, 0.717) is 6.54 Å². The van der Waals surface area contributed by atoms with E-state index in [9.17, 15) is 4.79 Å². The molecule has 3 aromatic rings. The minimum Gasteiger partial charge on any atom is -0.351 e. The number of nitrogens with zero attached hydrogens (tertiary/aromatic N) is 3. The first-order valence-electron chi connectivity index (χ1n) is 9.58. The summed E-state index contributed by atoms with van der Waals surface area (Å²) in [6.45, 7) is 8.87. The predicted molar refractivity (Wildman–Crippen MR) is 107 cm³/mol. The summed E-state index contributed by atoms with van der Waals surface area (Å²) in [6, 6.07) is 12.5. The van der Waals surface area contributed by atoms with Gasteiger partial charge in [0.25, 0.3) is 0 Å². The molecule has 5 heteroatoms. The van der Waals surface area contributed by atoms with Crippen LogP contribution in [0.4, 0.5) is 0 Å². The highest BCUT2D eigenvalue weighted by atomic mass is 16.2. The third kappa shape index (κ3) is 3.22. The molecule has 2 aromatic carbocycles. The highest BCUT2D eigenvalue weighted by Gasteiger charge is 2.51. The van der Waals surface area contributed by atoms with Crippen LogP contribution in [0.5, 0.6) is 0 Å². The molecule has 1 amide bonds. The van der Waals surface area contributed by atoms with Crippen LogP contribution in [0.15, 0.2) is 36.4 Å². The van der Waals surface area contributed by atoms with E-state index in [0.717, 1.165) is 29.4 Å². The van der Waals surface area contributed by atoms with Gasteiger partial charge in [-0.25, -0.2) is 4.68 Å². The zero-order valence-electron chi connectivity index (χ0n) is 16.4. The van der Waals surface area contributed by atoms with Crippen LogP contribution in [-0.2, 0) is 16.8 Å². The number of hydrogen-bond acceptors (Lipinski definition) is 3. The Morgan fingerprint density at radius 3 is 2.48 bits per heavy atom. The number of rotatable bonds is 5. The molecule has 0 saturated heterocycles. The maximum Gasteiger partial charge on any atom is 0.230 e. The maximum absolute atomic E-state index is 13.0. The van der Waals surface area contributed by atoms with Crippen molar-refractivity contribution in [3.05, 3.63) is 58.7 Å². The predicted octanol–water partition coefficient (Wildman–Crippen LogP) is 3.59. The van der Waals surface area contributed by atoms with Gasteiger partial charge in [-0.1, -0.05) is 35.0 Å². The molecule has 1 atom stereocenters. The highest BCUT2D eigenvalue weighted by molar-refractivity contribution is 5.91. The monoisotopic (exact) mass is 362 g/mol. The summed E-state index contributed by atoms with van der Waals surface area (Å²) >= 11 is 0. The zero-order valence-corrected chi connectivity index (χ0v) is 16.4. The molecule has 140 valence electrons. The lowest BCUT2D eigenvalue weighted by Gasteiger charge is -2.20. The molecular weight excluding hydrogens is 336 g/mol. The maximum atomic E-state index is 13.0. The van der Waals surface area contributed by atoms with E-state index in [2.05, 4.69) is 72.8 Å². The van der Waals surface area contributed by atoms with Gasteiger partial charge in [0, 0.05) is 6.04 Å². The first-order chi connectivity index (χ1) is 12.9. The highest BCUT2D eigenvalue weighted by Crippen LogP contribution is 2.48. The summed E-state index contributed by atoms with van der Waals surface area (Å²) in [6.07, 6.45) is 1.83. The van der Waals surface area contributed by atoms with Crippen LogP contribution in [0.3, 0.4) is 0 Å². The molecule has 0 unspecified atom stereocenters. The Hall–Kier alpha value is -2.69. The Bertz CT molecular complexity index is 999. The standard InChI is InChI=1S/C22H26N4O/c1-14-5-7-18(8-6-14)22(9-10-22)21(27)23-17(4)13-26-20-12-16(3)15(2)11-19(20)24-25-26/h5-8,11-12,17H,9-10,13H2,1-4H3,(H,23,27)/t17-/m1/s1. The van der Waals surface area contributed by atoms with Crippen molar-refractivity contribution in [2.45, 2.75) is 58.5 Å². The first kappa shape index (κ1) is 17.7. The SMILES string of the molecule is Cc1ccc(C2(C(=O)N[C@H](C)Cn3nnc4cc(C)c(C)cc43)CC2)cc1. The first-order valence-corrected chi connectivity index (χ1v) is 9.58. The molecule has 0 bridgehead atoms. The van der Waals surface area contributed by atoms with E-state index in [4.69, 9.17) is 0 Å². The van der Waals surface area contributed by atoms with E-state index in [-0.39, 0.29) is 17.4 Å². The van der Waals surface area contributed by atoms with Crippen molar-refractivity contribution in [2.24, 2.45) is 0 Å². The van der Waals surface area contributed by atoms with Crippen molar-refractivity contribution in [2.75, 3.05) is 0 Å². The van der Waals surface area contributed by atoms with Crippen molar-refractivity contribution >= 4 is 16.9 Å². The van der Waals surface area contributed by atoms with Gasteiger partial charge in [0.05, 0.1) is 17.5 Å². The molecule has 0 radical (unpaired) electrons. The second-order valence-corrected chi connectivity index (χ2v) is 8.02. The fraction of sp³-hybridized carbons (Fsp3) is 0.409. The number of aryl methyl sites for hydroxylation is 3. The number of hydrogen-bond donors (Lipinski definition) is 1. The molecule has 0 spiro atoms. The van der Waals surface area contributed by atoms with Crippen LogP contribution >= 0.6 is 0 Å². The van der Waals surface area contributed by atoms with E-state index >= 15 is 0 Å². The molecule has 4 rings (SSSR count). The summed E-state index contributed by atoms with van der Waals surface area (Å²) in [5, 5.41) is 11.8. The molecule has 1 aliphatic rings. The third-order valence-corrected chi connectivity index (χ3v) is 5.74. The average molecular weight is 362 g/mol. The van der Waals surface area contributed by atoms with Crippen LogP contribution in [0, 0.1) is 20.8 Å². The van der Waals surface area contributed by atoms with Crippen LogP contribution < -0.4 is 5.32 Å². The minimum atomic E-state index is -0.347. The van der Waals surface area contributed by atoms with E-state index in [1.54, 1.807) is 0 Å². The van der Waals surface area contributed by atoms with Gasteiger partial charge < -0.3 is 5.32 Å². The van der Waals surface area contributed by atoms with Gasteiger partial charge in [-0.2, -0.15) is 0 Å². The van der Waals surface area contributed by atoms with E-state index in [1.165, 1.54) is 16.7 Å². The average Bonchev–Trinajstić information content (AvgIpc) is 3.36. The number of benzene rings is 2. The quantitative estimate of drug-likeness (QED) is 0.754. The Morgan fingerprint density at radius 2 is 1.81 bits per heavy atom. The molecule has 1 aromatic heterocycles. The van der Waals surface area contributed by atoms with E-state index in [1.807, 2.05) is 11.6 Å². The van der Waals surface area contributed by atoms with Crippen molar-refractivity contribution < 1.29 is 4.79 Å². The minimum absolute atomic E-state index is 0.0214. The van der Waals surface area contributed by atoms with Gasteiger partial charge in [0.15, 0.2) is 0 Å². The van der Waals surface area contributed by atoms with Gasteiger partial charge in [0.2, 0.25) is 5.91 Å². The van der Waals surface area contributed by atoms with E-state index < -0.39 is 0 Å². The van der Waals surface area contributed by atoms with Gasteiger partial charge >= 0.3 is 0 Å². The number of nitrogens with one attached hydrogen (secondary N) is 1.